The summed E-state index contributed by atoms with van der Waals surface area (Å²) in [4.78, 5) is 12.4. The quantitative estimate of drug-likeness (QED) is 0.773. The van der Waals surface area contributed by atoms with E-state index in [1.165, 1.54) is 0 Å². The molecule has 3 aromatic rings. The SMILES string of the molecule is Cc1nnsc1C(=O)Nc1nnc(-c2cc(C)n(C)n2)o1. The molecule has 3 heterocycles. The van der Waals surface area contributed by atoms with Crippen molar-refractivity contribution in [1.82, 2.24) is 29.6 Å². The second-order valence-electron chi connectivity index (χ2n) is 4.35. The lowest BCUT2D eigenvalue weighted by Crippen LogP contribution is -2.11. The van der Waals surface area contributed by atoms with Crippen LogP contribution in [0.3, 0.4) is 0 Å². The molecule has 0 fully saturated rings. The third-order valence-electron chi connectivity index (χ3n) is 2.84. The zero-order valence-electron chi connectivity index (χ0n) is 11.5. The molecule has 0 aliphatic rings. The van der Waals surface area contributed by atoms with E-state index in [1.807, 2.05) is 20.0 Å². The molecule has 0 saturated heterocycles. The van der Waals surface area contributed by atoms with Crippen molar-refractivity contribution in [3.8, 4) is 11.6 Å². The van der Waals surface area contributed by atoms with Gasteiger partial charge in [-0.3, -0.25) is 14.8 Å². The number of nitrogens with one attached hydrogen (secondary N) is 1. The Kier molecular flexibility index (Phi) is 3.22. The highest BCUT2D eigenvalue weighted by Gasteiger charge is 2.18. The van der Waals surface area contributed by atoms with Crippen LogP contribution >= 0.6 is 11.5 Å². The van der Waals surface area contributed by atoms with E-state index in [4.69, 9.17) is 4.42 Å². The van der Waals surface area contributed by atoms with Gasteiger partial charge in [-0.2, -0.15) is 5.10 Å². The van der Waals surface area contributed by atoms with Gasteiger partial charge in [-0.25, -0.2) is 0 Å². The van der Waals surface area contributed by atoms with Crippen molar-refractivity contribution in [3.63, 3.8) is 0 Å². The molecule has 0 aromatic carbocycles. The van der Waals surface area contributed by atoms with Gasteiger partial charge < -0.3 is 4.42 Å². The van der Waals surface area contributed by atoms with Crippen LogP contribution in [0.4, 0.5) is 6.01 Å². The van der Waals surface area contributed by atoms with E-state index >= 15 is 0 Å². The third kappa shape index (κ3) is 2.52. The van der Waals surface area contributed by atoms with Crippen LogP contribution in [-0.4, -0.2) is 35.5 Å². The third-order valence-corrected chi connectivity index (χ3v) is 3.66. The Labute approximate surface area is 123 Å². The summed E-state index contributed by atoms with van der Waals surface area (Å²) in [6, 6.07) is 1.82. The minimum atomic E-state index is -0.380. The van der Waals surface area contributed by atoms with Crippen LogP contribution in [0.25, 0.3) is 11.6 Å². The Morgan fingerprint density at radius 1 is 1.33 bits per heavy atom. The van der Waals surface area contributed by atoms with Crippen LogP contribution in [-0.2, 0) is 7.05 Å². The lowest BCUT2D eigenvalue weighted by molar-refractivity contribution is 0.102. The highest BCUT2D eigenvalue weighted by Crippen LogP contribution is 2.20. The predicted octanol–water partition coefficient (Wildman–Crippen LogP) is 1.19. The molecule has 3 aromatic heterocycles. The first-order valence-electron chi connectivity index (χ1n) is 5.99. The maximum absolute atomic E-state index is 12.0. The van der Waals surface area contributed by atoms with E-state index in [9.17, 15) is 4.79 Å². The second kappa shape index (κ2) is 5.05. The van der Waals surface area contributed by atoms with Gasteiger partial charge in [-0.15, -0.1) is 10.2 Å². The first-order chi connectivity index (χ1) is 10.0. The number of nitrogens with zero attached hydrogens (tertiary/aromatic N) is 6. The standard InChI is InChI=1S/C11H11N7O2S/c1-5-4-7(16-18(5)3)10-14-15-11(20-10)12-9(19)8-6(2)13-17-21-8/h4H,1-3H3,(H,12,15,19). The number of hydrogen-bond donors (Lipinski definition) is 1. The number of aromatic nitrogens is 6. The van der Waals surface area contributed by atoms with E-state index < -0.39 is 0 Å². The Morgan fingerprint density at radius 3 is 2.76 bits per heavy atom. The Balaban J connectivity index is 1.79. The summed E-state index contributed by atoms with van der Waals surface area (Å²) in [7, 11) is 1.82. The molecule has 10 heteroatoms. The minimum absolute atomic E-state index is 0.00565. The Morgan fingerprint density at radius 2 is 2.14 bits per heavy atom. The van der Waals surface area contributed by atoms with E-state index in [-0.39, 0.29) is 17.8 Å². The van der Waals surface area contributed by atoms with E-state index in [1.54, 1.807) is 11.6 Å². The summed E-state index contributed by atoms with van der Waals surface area (Å²) >= 11 is 1.01. The van der Waals surface area contributed by atoms with Crippen molar-refractivity contribution in [2.45, 2.75) is 13.8 Å². The van der Waals surface area contributed by atoms with E-state index in [2.05, 4.69) is 30.2 Å². The molecule has 0 bridgehead atoms. The molecule has 1 amide bonds. The van der Waals surface area contributed by atoms with Gasteiger partial charge in [0.1, 0.15) is 10.6 Å². The maximum atomic E-state index is 12.0. The molecule has 0 unspecified atom stereocenters. The molecule has 0 radical (unpaired) electrons. The summed E-state index contributed by atoms with van der Waals surface area (Å²) in [5.74, 6) is -0.136. The number of rotatable bonds is 3. The van der Waals surface area contributed by atoms with E-state index in [0.717, 1.165) is 17.2 Å². The summed E-state index contributed by atoms with van der Waals surface area (Å²) in [6.45, 7) is 3.61. The second-order valence-corrected chi connectivity index (χ2v) is 5.10. The average molecular weight is 305 g/mol. The molecule has 0 atom stereocenters. The van der Waals surface area contributed by atoms with Crippen LogP contribution < -0.4 is 5.32 Å². The number of carbonyl (C=O) groups excluding carboxylic acids is 1. The smallest absolute Gasteiger partial charge is 0.322 e. The Hall–Kier alpha value is -2.62. The first kappa shape index (κ1) is 13.4. The van der Waals surface area contributed by atoms with E-state index in [0.29, 0.717) is 16.3 Å². The topological polar surface area (TPSA) is 112 Å². The fourth-order valence-corrected chi connectivity index (χ4v) is 2.19. The van der Waals surface area contributed by atoms with Crippen molar-refractivity contribution in [2.75, 3.05) is 5.32 Å². The van der Waals surface area contributed by atoms with Gasteiger partial charge in [0.05, 0.1) is 5.69 Å². The van der Waals surface area contributed by atoms with Crippen LogP contribution in [0.2, 0.25) is 0 Å². The molecular weight excluding hydrogens is 294 g/mol. The van der Waals surface area contributed by atoms with Crippen molar-refractivity contribution < 1.29 is 9.21 Å². The lowest BCUT2D eigenvalue weighted by Gasteiger charge is -1.96. The molecule has 1 N–H and O–H groups in total. The zero-order chi connectivity index (χ0) is 15.0. The summed E-state index contributed by atoms with van der Waals surface area (Å²) in [5.41, 5.74) is 2.07. The highest BCUT2D eigenvalue weighted by molar-refractivity contribution is 7.08. The van der Waals surface area contributed by atoms with Gasteiger partial charge in [0.15, 0.2) is 0 Å². The van der Waals surface area contributed by atoms with Gasteiger partial charge in [-0.1, -0.05) is 9.59 Å². The number of hydrogen-bond acceptors (Lipinski definition) is 8. The largest absolute Gasteiger partial charge is 0.401 e. The predicted molar refractivity (Wildman–Crippen MR) is 73.8 cm³/mol. The van der Waals surface area contributed by atoms with Gasteiger partial charge in [-0.05, 0) is 31.4 Å². The van der Waals surface area contributed by atoms with Crippen molar-refractivity contribution in [1.29, 1.82) is 0 Å². The summed E-state index contributed by atoms with van der Waals surface area (Å²) in [5, 5.41) is 18.2. The van der Waals surface area contributed by atoms with Crippen LogP contribution in [0, 0.1) is 13.8 Å². The monoisotopic (exact) mass is 305 g/mol. The van der Waals surface area contributed by atoms with Gasteiger partial charge in [0.2, 0.25) is 0 Å². The van der Waals surface area contributed by atoms with Gasteiger partial charge >= 0.3 is 6.01 Å². The Bertz CT molecular complexity index is 784. The molecule has 0 aliphatic heterocycles. The van der Waals surface area contributed by atoms with Crippen LogP contribution in [0.15, 0.2) is 10.5 Å². The van der Waals surface area contributed by atoms with Crippen molar-refractivity contribution in [3.05, 3.63) is 22.3 Å². The minimum Gasteiger partial charge on any atom is -0.401 e. The molecule has 9 nitrogen and oxygen atoms in total. The zero-order valence-corrected chi connectivity index (χ0v) is 12.3. The molecular formula is C11H11N7O2S. The number of amides is 1. The van der Waals surface area contributed by atoms with Crippen LogP contribution in [0.1, 0.15) is 21.1 Å². The van der Waals surface area contributed by atoms with Crippen molar-refractivity contribution in [2.24, 2.45) is 7.05 Å². The molecule has 0 saturated carbocycles. The number of carbonyl (C=O) groups is 1. The normalized spacial score (nSPS) is 10.8. The van der Waals surface area contributed by atoms with Crippen LogP contribution in [0.5, 0.6) is 0 Å². The molecule has 0 aliphatic carbocycles. The average Bonchev–Trinajstić information content (AvgIpc) is 3.12. The molecule has 0 spiro atoms. The molecule has 108 valence electrons. The number of anilines is 1. The fourth-order valence-electron chi connectivity index (χ4n) is 1.64. The van der Waals surface area contributed by atoms with Gasteiger partial charge in [0.25, 0.3) is 11.8 Å². The summed E-state index contributed by atoms with van der Waals surface area (Å²) < 4.78 is 10.8. The lowest BCUT2D eigenvalue weighted by atomic mass is 10.4. The molecule has 21 heavy (non-hydrogen) atoms. The van der Waals surface area contributed by atoms with Crippen molar-refractivity contribution >= 4 is 23.5 Å². The first-order valence-corrected chi connectivity index (χ1v) is 6.77. The maximum Gasteiger partial charge on any atom is 0.322 e. The molecule has 3 rings (SSSR count). The van der Waals surface area contributed by atoms with Gasteiger partial charge in [0, 0.05) is 12.7 Å². The summed E-state index contributed by atoms with van der Waals surface area (Å²) in [6.07, 6.45) is 0. The highest BCUT2D eigenvalue weighted by atomic mass is 32.1. The number of aryl methyl sites for hydroxylation is 3. The fraction of sp³-hybridized carbons (Fsp3) is 0.273.